The Morgan fingerprint density at radius 1 is 0.919 bits per heavy atom. The number of halogens is 2. The second kappa shape index (κ2) is 18.6. The molecule has 3 heterocycles. The number of thiophene rings is 1. The number of hydrogen-bond acceptors (Lipinski definition) is 13. The minimum Gasteiger partial charge on any atom is -0.438 e. The van der Waals surface area contributed by atoms with Crippen LogP contribution in [-0.2, 0) is 52.7 Å². The molecule has 1 aromatic heterocycles. The highest BCUT2D eigenvalue weighted by molar-refractivity contribution is 7.54. The van der Waals surface area contributed by atoms with Crippen molar-refractivity contribution in [1.82, 2.24) is 15.1 Å². The molecule has 2 aromatic carbocycles. The summed E-state index contributed by atoms with van der Waals surface area (Å²) in [5.41, 5.74) is -6.45. The van der Waals surface area contributed by atoms with Crippen LogP contribution in [0.5, 0.6) is 0 Å². The van der Waals surface area contributed by atoms with Crippen LogP contribution in [0.15, 0.2) is 48.5 Å². The van der Waals surface area contributed by atoms with Gasteiger partial charge in [0.25, 0.3) is 5.91 Å². The molecule has 0 bridgehead atoms. The van der Waals surface area contributed by atoms with Crippen LogP contribution in [0.4, 0.5) is 14.5 Å². The molecular formula is C42H50F2N5O11PS. The number of esters is 2. The highest BCUT2D eigenvalue weighted by Gasteiger charge is 2.56. The smallest absolute Gasteiger partial charge is 0.410 e. The van der Waals surface area contributed by atoms with Crippen molar-refractivity contribution >= 4 is 70.3 Å². The monoisotopic (exact) mass is 901 g/mol. The summed E-state index contributed by atoms with van der Waals surface area (Å²) in [5.74, 6) is -3.70. The van der Waals surface area contributed by atoms with Crippen LogP contribution in [0.2, 0.25) is 0 Å². The highest BCUT2D eigenvalue weighted by Crippen LogP contribution is 2.67. The van der Waals surface area contributed by atoms with Gasteiger partial charge in [-0.05, 0) is 109 Å². The van der Waals surface area contributed by atoms with Gasteiger partial charge in [0.15, 0.2) is 0 Å². The Hall–Kier alpha value is -5.28. The number of alkyl halides is 2. The van der Waals surface area contributed by atoms with Gasteiger partial charge in [0.1, 0.15) is 12.1 Å². The average Bonchev–Trinajstić information content (AvgIpc) is 3.84. The van der Waals surface area contributed by atoms with Gasteiger partial charge in [-0.2, -0.15) is 14.0 Å². The van der Waals surface area contributed by atoms with E-state index in [4.69, 9.17) is 18.5 Å². The minimum atomic E-state index is -5.63. The van der Waals surface area contributed by atoms with Crippen molar-refractivity contribution < 1.29 is 60.6 Å². The summed E-state index contributed by atoms with van der Waals surface area (Å²) in [5, 5.41) is 12.0. The Labute approximate surface area is 361 Å². The van der Waals surface area contributed by atoms with Gasteiger partial charge in [0.05, 0.1) is 27.3 Å². The number of nitriles is 1. The lowest BCUT2D eigenvalue weighted by Crippen LogP contribution is -2.61. The predicted octanol–water partition coefficient (Wildman–Crippen LogP) is 6.52. The maximum Gasteiger partial charge on any atom is 0.410 e. The summed E-state index contributed by atoms with van der Waals surface area (Å²) < 4.78 is 66.7. The molecule has 20 heteroatoms. The van der Waals surface area contributed by atoms with Gasteiger partial charge in [-0.25, -0.2) is 0 Å². The third-order valence-electron chi connectivity index (χ3n) is 10.4. The van der Waals surface area contributed by atoms with Crippen molar-refractivity contribution in [3.8, 4) is 6.07 Å². The van der Waals surface area contributed by atoms with Crippen molar-refractivity contribution in [1.29, 1.82) is 5.26 Å². The van der Waals surface area contributed by atoms with Gasteiger partial charge in [-0.1, -0.05) is 6.07 Å². The van der Waals surface area contributed by atoms with Crippen LogP contribution in [0, 0.1) is 22.2 Å². The zero-order valence-electron chi connectivity index (χ0n) is 35.7. The summed E-state index contributed by atoms with van der Waals surface area (Å²) in [4.78, 5) is 83.8. The highest BCUT2D eigenvalue weighted by atomic mass is 32.1. The molecule has 2 saturated heterocycles. The van der Waals surface area contributed by atoms with E-state index >= 15 is 8.78 Å². The molecule has 5 rings (SSSR count). The third-order valence-corrected chi connectivity index (χ3v) is 13.4. The van der Waals surface area contributed by atoms with Crippen molar-refractivity contribution in [3.05, 3.63) is 64.5 Å². The second-order valence-corrected chi connectivity index (χ2v) is 20.2. The van der Waals surface area contributed by atoms with Gasteiger partial charge < -0.3 is 29.5 Å². The fourth-order valence-corrected chi connectivity index (χ4v) is 8.96. The average molecular weight is 902 g/mol. The van der Waals surface area contributed by atoms with Crippen LogP contribution in [0.25, 0.3) is 10.1 Å². The lowest BCUT2D eigenvalue weighted by atomic mass is 9.98. The molecule has 0 saturated carbocycles. The lowest BCUT2D eigenvalue weighted by Gasteiger charge is -2.39. The fraction of sp³-hybridized carbons (Fsp3) is 0.500. The van der Waals surface area contributed by atoms with E-state index in [1.165, 1.54) is 75.3 Å². The first-order valence-corrected chi connectivity index (χ1v) is 22.1. The summed E-state index contributed by atoms with van der Waals surface area (Å²) in [7, 11) is -4.06. The largest absolute Gasteiger partial charge is 0.438 e. The fourth-order valence-electron chi connectivity index (χ4n) is 6.78. The van der Waals surface area contributed by atoms with Crippen LogP contribution >= 0.6 is 18.9 Å². The van der Waals surface area contributed by atoms with E-state index in [-0.39, 0.29) is 35.2 Å². The summed E-state index contributed by atoms with van der Waals surface area (Å²) in [6.45, 7) is 8.11. The Balaban J connectivity index is 1.39. The van der Waals surface area contributed by atoms with E-state index in [2.05, 4.69) is 5.32 Å². The quantitative estimate of drug-likeness (QED) is 0.117. The number of carbonyl (C=O) groups is 6. The number of amides is 4. The van der Waals surface area contributed by atoms with Gasteiger partial charge in [-0.3, -0.25) is 42.4 Å². The van der Waals surface area contributed by atoms with Crippen LogP contribution in [0.3, 0.4) is 0 Å². The molecule has 16 nitrogen and oxygen atoms in total. The van der Waals surface area contributed by atoms with E-state index in [1.54, 1.807) is 31.3 Å². The molecule has 2 aliphatic heterocycles. The number of ether oxygens (including phenoxy) is 2. The van der Waals surface area contributed by atoms with Gasteiger partial charge in [0.2, 0.25) is 31.3 Å². The van der Waals surface area contributed by atoms with Crippen molar-refractivity contribution in [2.75, 3.05) is 38.6 Å². The SMILES string of the molecule is CC(=O)N1CC[C@H]2CC[C@@H](C(=O)N(C)c3ccc(C#N)cc3)N2C(=O)C(NC(=O)c2cc3cc(C(F)(F)P(=O)(OCOC(=O)C(C)(C)C)OCOC(=O)C(C)(C)C)ccc3s2)C1. The van der Waals surface area contributed by atoms with E-state index in [1.807, 2.05) is 6.07 Å². The van der Waals surface area contributed by atoms with E-state index in [0.717, 1.165) is 23.5 Å². The van der Waals surface area contributed by atoms with Crippen molar-refractivity contribution in [2.45, 2.75) is 91.5 Å². The molecular weight excluding hydrogens is 852 g/mol. The Morgan fingerprint density at radius 2 is 1.52 bits per heavy atom. The maximum atomic E-state index is 16.3. The number of nitrogens with zero attached hydrogens (tertiary/aromatic N) is 4. The molecule has 2 fully saturated rings. The summed E-state index contributed by atoms with van der Waals surface area (Å²) in [6.07, 6.45) is 1.23. The first-order chi connectivity index (χ1) is 28.9. The minimum absolute atomic E-state index is 0.00900. The Kier molecular flexibility index (Phi) is 14.3. The van der Waals surface area contributed by atoms with E-state index in [0.29, 0.717) is 35.2 Å². The molecule has 2 aliphatic rings. The normalized spacial score (nSPS) is 18.6. The van der Waals surface area contributed by atoms with Gasteiger partial charge in [0, 0.05) is 49.1 Å². The lowest BCUT2D eigenvalue weighted by molar-refractivity contribution is -0.163. The van der Waals surface area contributed by atoms with Gasteiger partial charge >= 0.3 is 25.2 Å². The van der Waals surface area contributed by atoms with E-state index in [9.17, 15) is 38.6 Å². The molecule has 0 aliphatic carbocycles. The molecule has 4 amide bonds. The standard InChI is InChI=1S/C42H50F2N5O11PS/c1-25(50)48-18-17-30-14-15-32(37(53)47(8)29-12-9-26(21-45)10-13-29)49(30)36(52)31(22-48)46-35(51)34-20-27-19-28(11-16-33(27)62-34)42(43,44)61(56,59-23-57-38(54)40(2,3)4)60-24-58-39(55)41(5,6)7/h9-13,16,19-20,30-32H,14-15,17-18,22-24H2,1-8H3,(H,46,51)/t30-,31?,32+/m1/s1. The molecule has 0 spiro atoms. The molecule has 3 atom stereocenters. The summed E-state index contributed by atoms with van der Waals surface area (Å²) in [6, 6.07) is 10.3. The number of hydrogen-bond donors (Lipinski definition) is 1. The molecule has 62 heavy (non-hydrogen) atoms. The van der Waals surface area contributed by atoms with Crippen molar-refractivity contribution in [3.63, 3.8) is 0 Å². The summed E-state index contributed by atoms with van der Waals surface area (Å²) >= 11 is 0.916. The first-order valence-electron chi connectivity index (χ1n) is 19.7. The maximum absolute atomic E-state index is 16.3. The topological polar surface area (TPSA) is 202 Å². The second-order valence-electron chi connectivity index (χ2n) is 17.1. The van der Waals surface area contributed by atoms with Crippen molar-refractivity contribution in [2.24, 2.45) is 10.8 Å². The van der Waals surface area contributed by atoms with Gasteiger partial charge in [-0.15, -0.1) is 11.3 Å². The van der Waals surface area contributed by atoms with E-state index < -0.39 is 85.1 Å². The van der Waals surface area contributed by atoms with Crippen LogP contribution in [-0.4, -0.2) is 97.2 Å². The third kappa shape index (κ3) is 10.5. The molecule has 1 N–H and O–H groups in total. The number of rotatable bonds is 12. The van der Waals surface area contributed by atoms with Crippen LogP contribution in [0.1, 0.15) is 88.5 Å². The number of benzene rings is 2. The number of carbonyl (C=O) groups excluding carboxylic acids is 6. The number of likely N-dealkylation sites (N-methyl/N-ethyl adjacent to an activating group) is 1. The van der Waals surface area contributed by atoms with Crippen LogP contribution < -0.4 is 10.2 Å². The number of anilines is 1. The Bertz CT molecular complexity index is 2280. The molecule has 1 unspecified atom stereocenters. The number of nitrogens with one attached hydrogen (secondary N) is 1. The first kappa shape index (κ1) is 47.8. The number of fused-ring (bicyclic) bond motifs is 2. The Morgan fingerprint density at radius 3 is 2.06 bits per heavy atom. The molecule has 0 radical (unpaired) electrons. The predicted molar refractivity (Wildman–Crippen MR) is 223 cm³/mol. The zero-order chi connectivity index (χ0) is 45.9. The molecule has 3 aromatic rings. The zero-order valence-corrected chi connectivity index (χ0v) is 37.4. The molecule has 334 valence electrons.